The summed E-state index contributed by atoms with van der Waals surface area (Å²) in [4.78, 5) is 16.3. The summed E-state index contributed by atoms with van der Waals surface area (Å²) < 4.78 is 0. The first-order valence-corrected chi connectivity index (χ1v) is 7.35. The highest BCUT2D eigenvalue weighted by Gasteiger charge is 2.06. The van der Waals surface area contributed by atoms with E-state index in [1.807, 2.05) is 30.3 Å². The van der Waals surface area contributed by atoms with Gasteiger partial charge in [-0.2, -0.15) is 0 Å². The first-order valence-electron chi connectivity index (χ1n) is 6.53. The molecule has 2 heterocycles. The Kier molecular flexibility index (Phi) is 3.83. The third kappa shape index (κ3) is 2.91. The van der Waals surface area contributed by atoms with E-state index < -0.39 is 0 Å². The number of nitrogens with zero attached hydrogens (tertiary/aromatic N) is 3. The number of anilines is 1. The standard InChI is InChI=1S/C14H15N5S/c1-2-7-15-12-8-13(17-9-16-12)20-14-18-10-5-3-4-6-11(10)19-14/h3-6,8-9H,2,7H2,1H3,(H,18,19)(H,15,16,17). The fourth-order valence-corrected chi connectivity index (χ4v) is 2.60. The molecule has 0 aliphatic carbocycles. The van der Waals surface area contributed by atoms with Gasteiger partial charge in [0.15, 0.2) is 5.16 Å². The first kappa shape index (κ1) is 12.9. The molecule has 3 aromatic rings. The molecule has 0 amide bonds. The number of imidazole rings is 1. The fraction of sp³-hybridized carbons (Fsp3) is 0.214. The van der Waals surface area contributed by atoms with Crippen molar-refractivity contribution in [1.29, 1.82) is 0 Å². The number of hydrogen-bond donors (Lipinski definition) is 2. The van der Waals surface area contributed by atoms with Gasteiger partial charge in [-0.1, -0.05) is 19.1 Å². The van der Waals surface area contributed by atoms with E-state index in [1.54, 1.807) is 6.33 Å². The van der Waals surface area contributed by atoms with Crippen molar-refractivity contribution in [2.24, 2.45) is 0 Å². The van der Waals surface area contributed by atoms with E-state index >= 15 is 0 Å². The summed E-state index contributed by atoms with van der Waals surface area (Å²) in [6.07, 6.45) is 2.64. The van der Waals surface area contributed by atoms with E-state index in [-0.39, 0.29) is 0 Å². The molecule has 0 fully saturated rings. The molecule has 0 aliphatic heterocycles. The highest BCUT2D eigenvalue weighted by atomic mass is 32.2. The quantitative estimate of drug-likeness (QED) is 0.704. The molecular weight excluding hydrogens is 270 g/mol. The van der Waals surface area contributed by atoms with Gasteiger partial charge in [0.25, 0.3) is 0 Å². The molecule has 0 atom stereocenters. The normalized spacial score (nSPS) is 10.8. The van der Waals surface area contributed by atoms with Crippen LogP contribution in [0.15, 0.2) is 46.8 Å². The minimum absolute atomic E-state index is 0.839. The zero-order valence-corrected chi connectivity index (χ0v) is 11.9. The van der Waals surface area contributed by atoms with Gasteiger partial charge in [0.05, 0.1) is 11.0 Å². The van der Waals surface area contributed by atoms with Crippen LogP contribution in [0.2, 0.25) is 0 Å². The van der Waals surface area contributed by atoms with Crippen molar-refractivity contribution < 1.29 is 0 Å². The van der Waals surface area contributed by atoms with E-state index in [0.717, 1.165) is 40.0 Å². The van der Waals surface area contributed by atoms with Crippen LogP contribution < -0.4 is 5.32 Å². The molecule has 2 N–H and O–H groups in total. The second-order valence-electron chi connectivity index (χ2n) is 4.33. The van der Waals surface area contributed by atoms with Crippen LogP contribution in [0.1, 0.15) is 13.3 Å². The Hall–Kier alpha value is -2.08. The van der Waals surface area contributed by atoms with Crippen molar-refractivity contribution in [2.75, 3.05) is 11.9 Å². The maximum atomic E-state index is 4.53. The van der Waals surface area contributed by atoms with Crippen molar-refractivity contribution in [3.8, 4) is 0 Å². The summed E-state index contributed by atoms with van der Waals surface area (Å²) in [6, 6.07) is 9.92. The van der Waals surface area contributed by atoms with Gasteiger partial charge in [-0.15, -0.1) is 0 Å². The lowest BCUT2D eigenvalue weighted by molar-refractivity contribution is 0.951. The van der Waals surface area contributed by atoms with Crippen LogP contribution in [0.5, 0.6) is 0 Å². The van der Waals surface area contributed by atoms with E-state index in [0.29, 0.717) is 0 Å². The van der Waals surface area contributed by atoms with Crippen LogP contribution in [-0.2, 0) is 0 Å². The highest BCUT2D eigenvalue weighted by Crippen LogP contribution is 2.26. The van der Waals surface area contributed by atoms with Crippen LogP contribution in [0.3, 0.4) is 0 Å². The van der Waals surface area contributed by atoms with E-state index in [2.05, 4.69) is 32.2 Å². The summed E-state index contributed by atoms with van der Waals surface area (Å²) in [6.45, 7) is 3.03. The molecular formula is C14H15N5S. The number of nitrogens with one attached hydrogen (secondary N) is 2. The van der Waals surface area contributed by atoms with Gasteiger partial charge in [0, 0.05) is 12.6 Å². The topological polar surface area (TPSA) is 66.5 Å². The number of rotatable bonds is 5. The summed E-state index contributed by atoms with van der Waals surface area (Å²) in [5.74, 6) is 0.848. The third-order valence-corrected chi connectivity index (χ3v) is 3.59. The second kappa shape index (κ2) is 5.92. The molecule has 102 valence electrons. The molecule has 0 spiro atoms. The largest absolute Gasteiger partial charge is 0.370 e. The van der Waals surface area contributed by atoms with Crippen LogP contribution >= 0.6 is 11.8 Å². The number of hydrogen-bond acceptors (Lipinski definition) is 5. The lowest BCUT2D eigenvalue weighted by atomic mass is 10.3. The Morgan fingerprint density at radius 1 is 1.25 bits per heavy atom. The average molecular weight is 285 g/mol. The molecule has 5 nitrogen and oxygen atoms in total. The van der Waals surface area contributed by atoms with Gasteiger partial charge in [-0.3, -0.25) is 0 Å². The first-order chi connectivity index (χ1) is 9.85. The summed E-state index contributed by atoms with van der Waals surface area (Å²) in [5.41, 5.74) is 2.00. The molecule has 0 aliphatic rings. The maximum absolute atomic E-state index is 4.53. The Labute approximate surface area is 121 Å². The SMILES string of the molecule is CCCNc1cc(Sc2nc3ccccc3[nH]2)ncn1. The maximum Gasteiger partial charge on any atom is 0.172 e. The van der Waals surface area contributed by atoms with E-state index in [9.17, 15) is 0 Å². The number of benzene rings is 1. The molecule has 0 saturated carbocycles. The molecule has 6 heteroatoms. The van der Waals surface area contributed by atoms with Gasteiger partial charge in [0.1, 0.15) is 17.2 Å². The molecule has 0 unspecified atom stereocenters. The predicted octanol–water partition coefficient (Wildman–Crippen LogP) is 3.33. The summed E-state index contributed by atoms with van der Waals surface area (Å²) in [7, 11) is 0. The van der Waals surface area contributed by atoms with E-state index in [1.165, 1.54) is 11.8 Å². The Morgan fingerprint density at radius 2 is 2.15 bits per heavy atom. The number of para-hydroxylation sites is 2. The Morgan fingerprint density at radius 3 is 3.00 bits per heavy atom. The number of aromatic nitrogens is 4. The smallest absolute Gasteiger partial charge is 0.172 e. The predicted molar refractivity (Wildman–Crippen MR) is 81.0 cm³/mol. The monoisotopic (exact) mass is 285 g/mol. The van der Waals surface area contributed by atoms with Crippen molar-refractivity contribution in [1.82, 2.24) is 19.9 Å². The average Bonchev–Trinajstić information content (AvgIpc) is 2.87. The lowest BCUT2D eigenvalue weighted by Crippen LogP contribution is -2.02. The van der Waals surface area contributed by atoms with Crippen LogP contribution in [0.25, 0.3) is 11.0 Å². The van der Waals surface area contributed by atoms with Gasteiger partial charge >= 0.3 is 0 Å². The lowest BCUT2D eigenvalue weighted by Gasteiger charge is -2.04. The number of aromatic amines is 1. The Bertz CT molecular complexity index is 676. The van der Waals surface area contributed by atoms with Crippen molar-refractivity contribution in [2.45, 2.75) is 23.5 Å². The molecule has 20 heavy (non-hydrogen) atoms. The van der Waals surface area contributed by atoms with Crippen LogP contribution in [-0.4, -0.2) is 26.5 Å². The van der Waals surface area contributed by atoms with Gasteiger partial charge in [-0.05, 0) is 30.3 Å². The van der Waals surface area contributed by atoms with Crippen LogP contribution in [0.4, 0.5) is 5.82 Å². The molecule has 2 aromatic heterocycles. The minimum atomic E-state index is 0.839. The van der Waals surface area contributed by atoms with Gasteiger partial charge in [0.2, 0.25) is 0 Å². The van der Waals surface area contributed by atoms with Crippen molar-refractivity contribution in [3.63, 3.8) is 0 Å². The second-order valence-corrected chi connectivity index (χ2v) is 5.34. The molecule has 0 radical (unpaired) electrons. The third-order valence-electron chi connectivity index (χ3n) is 2.77. The zero-order valence-electron chi connectivity index (χ0n) is 11.1. The summed E-state index contributed by atoms with van der Waals surface area (Å²) >= 11 is 1.50. The van der Waals surface area contributed by atoms with Gasteiger partial charge in [-0.25, -0.2) is 15.0 Å². The molecule has 3 rings (SSSR count). The summed E-state index contributed by atoms with van der Waals surface area (Å²) in [5, 5.41) is 4.96. The van der Waals surface area contributed by atoms with E-state index in [4.69, 9.17) is 0 Å². The Balaban J connectivity index is 1.79. The van der Waals surface area contributed by atoms with Crippen molar-refractivity contribution >= 4 is 28.6 Å². The number of H-pyrrole nitrogens is 1. The fourth-order valence-electron chi connectivity index (χ4n) is 1.82. The zero-order chi connectivity index (χ0) is 13.8. The molecule has 1 aromatic carbocycles. The van der Waals surface area contributed by atoms with Crippen LogP contribution in [0, 0.1) is 0 Å². The molecule has 0 saturated heterocycles. The van der Waals surface area contributed by atoms with Crippen molar-refractivity contribution in [3.05, 3.63) is 36.7 Å². The number of fused-ring (bicyclic) bond motifs is 1. The molecule has 0 bridgehead atoms. The van der Waals surface area contributed by atoms with Gasteiger partial charge < -0.3 is 10.3 Å². The highest BCUT2D eigenvalue weighted by molar-refractivity contribution is 7.99. The minimum Gasteiger partial charge on any atom is -0.370 e.